The van der Waals surface area contributed by atoms with E-state index in [1.807, 2.05) is 0 Å². The summed E-state index contributed by atoms with van der Waals surface area (Å²) < 4.78 is 13.1. The molecule has 0 radical (unpaired) electrons. The molecule has 0 aromatic heterocycles. The lowest BCUT2D eigenvalue weighted by molar-refractivity contribution is -0.146. The minimum absolute atomic E-state index is 0.0342. The molecule has 1 atom stereocenters. The van der Waals surface area contributed by atoms with Crippen molar-refractivity contribution in [2.75, 3.05) is 0 Å². The standard InChI is InChI=1S/C15H16FNO3/c16-10-2-4-12-8(5-10)1-3-13(12)14(18)17-11-6-9(7-11)15(19)20/h2,4-5,9,11,13H,1,3,6-7H2,(H,17,18)(H,19,20)/t9?,11?,13-/m1/s1. The molecule has 1 amide bonds. The zero-order chi connectivity index (χ0) is 14.3. The van der Waals surface area contributed by atoms with Gasteiger partial charge in [-0.3, -0.25) is 9.59 Å². The van der Waals surface area contributed by atoms with Crippen molar-refractivity contribution < 1.29 is 19.1 Å². The number of nitrogens with one attached hydrogen (secondary N) is 1. The Balaban J connectivity index is 1.62. The average Bonchev–Trinajstić information content (AvgIpc) is 2.75. The summed E-state index contributed by atoms with van der Waals surface area (Å²) >= 11 is 0. The summed E-state index contributed by atoms with van der Waals surface area (Å²) in [5.41, 5.74) is 1.81. The van der Waals surface area contributed by atoms with Gasteiger partial charge in [-0.05, 0) is 48.9 Å². The van der Waals surface area contributed by atoms with Crippen molar-refractivity contribution in [2.24, 2.45) is 5.92 Å². The van der Waals surface area contributed by atoms with Crippen LogP contribution in [0.1, 0.15) is 36.3 Å². The molecule has 0 bridgehead atoms. The second kappa shape index (κ2) is 4.89. The average molecular weight is 277 g/mol. The number of fused-ring (bicyclic) bond motifs is 1. The number of amides is 1. The number of carbonyl (C=O) groups is 2. The first-order valence-corrected chi connectivity index (χ1v) is 6.86. The van der Waals surface area contributed by atoms with Crippen molar-refractivity contribution in [3.05, 3.63) is 35.1 Å². The first-order valence-electron chi connectivity index (χ1n) is 6.86. The van der Waals surface area contributed by atoms with E-state index in [0.717, 1.165) is 11.1 Å². The summed E-state index contributed by atoms with van der Waals surface area (Å²) in [6.45, 7) is 0. The van der Waals surface area contributed by atoms with Gasteiger partial charge in [-0.1, -0.05) is 6.07 Å². The van der Waals surface area contributed by atoms with Gasteiger partial charge in [0, 0.05) is 6.04 Å². The number of aryl methyl sites for hydroxylation is 1. The predicted octanol–water partition coefficient (Wildman–Crippen LogP) is 1.83. The third-order valence-corrected chi connectivity index (χ3v) is 4.33. The molecule has 0 unspecified atom stereocenters. The molecule has 0 saturated heterocycles. The molecule has 20 heavy (non-hydrogen) atoms. The number of carboxylic acids is 1. The van der Waals surface area contributed by atoms with E-state index >= 15 is 0 Å². The lowest BCUT2D eigenvalue weighted by atomic mass is 9.80. The minimum atomic E-state index is -0.794. The number of aliphatic carboxylic acids is 1. The van der Waals surface area contributed by atoms with Crippen LogP contribution in [0.4, 0.5) is 4.39 Å². The number of halogens is 1. The van der Waals surface area contributed by atoms with E-state index in [2.05, 4.69) is 5.32 Å². The second-order valence-corrected chi connectivity index (χ2v) is 5.65. The van der Waals surface area contributed by atoms with E-state index in [9.17, 15) is 14.0 Å². The number of carboxylic acid groups (broad SMARTS) is 1. The van der Waals surface area contributed by atoms with E-state index in [-0.39, 0.29) is 29.6 Å². The van der Waals surface area contributed by atoms with Crippen LogP contribution in [-0.2, 0) is 16.0 Å². The van der Waals surface area contributed by atoms with E-state index in [1.54, 1.807) is 6.07 Å². The summed E-state index contributed by atoms with van der Waals surface area (Å²) in [4.78, 5) is 22.9. The molecule has 0 heterocycles. The molecule has 4 nitrogen and oxygen atoms in total. The maximum atomic E-state index is 13.1. The molecule has 2 aliphatic rings. The molecule has 106 valence electrons. The summed E-state index contributed by atoms with van der Waals surface area (Å²) in [6.07, 6.45) is 2.42. The highest BCUT2D eigenvalue weighted by Crippen LogP contribution is 2.35. The molecule has 2 aliphatic carbocycles. The van der Waals surface area contributed by atoms with Crippen molar-refractivity contribution in [3.8, 4) is 0 Å². The van der Waals surface area contributed by atoms with Gasteiger partial charge in [0.05, 0.1) is 11.8 Å². The first-order chi connectivity index (χ1) is 9.54. The Kier molecular flexibility index (Phi) is 3.20. The molecule has 5 heteroatoms. The highest BCUT2D eigenvalue weighted by Gasteiger charge is 2.37. The van der Waals surface area contributed by atoms with E-state index in [1.165, 1.54) is 12.1 Å². The maximum absolute atomic E-state index is 13.1. The molecule has 0 aliphatic heterocycles. The number of carbonyl (C=O) groups excluding carboxylic acids is 1. The monoisotopic (exact) mass is 277 g/mol. The van der Waals surface area contributed by atoms with Gasteiger partial charge in [-0.2, -0.15) is 0 Å². The second-order valence-electron chi connectivity index (χ2n) is 5.65. The van der Waals surface area contributed by atoms with Crippen LogP contribution in [0.2, 0.25) is 0 Å². The van der Waals surface area contributed by atoms with Crippen LogP contribution >= 0.6 is 0 Å². The summed E-state index contributed by atoms with van der Waals surface area (Å²) in [5, 5.41) is 11.7. The molecule has 1 aromatic carbocycles. The van der Waals surface area contributed by atoms with Crippen molar-refractivity contribution in [1.29, 1.82) is 0 Å². The summed E-state index contributed by atoms with van der Waals surface area (Å²) in [6, 6.07) is 4.52. The maximum Gasteiger partial charge on any atom is 0.306 e. The highest BCUT2D eigenvalue weighted by molar-refractivity contribution is 5.85. The van der Waals surface area contributed by atoms with Crippen LogP contribution in [0.3, 0.4) is 0 Å². The van der Waals surface area contributed by atoms with E-state index in [4.69, 9.17) is 5.11 Å². The van der Waals surface area contributed by atoms with Crippen LogP contribution in [0.5, 0.6) is 0 Å². The van der Waals surface area contributed by atoms with Crippen molar-refractivity contribution in [3.63, 3.8) is 0 Å². The Bertz CT molecular complexity index is 566. The van der Waals surface area contributed by atoms with Crippen LogP contribution in [0.25, 0.3) is 0 Å². The van der Waals surface area contributed by atoms with Gasteiger partial charge in [0.2, 0.25) is 5.91 Å². The summed E-state index contributed by atoms with van der Waals surface area (Å²) in [5.74, 6) is -1.69. The molecule has 2 N–H and O–H groups in total. The largest absolute Gasteiger partial charge is 0.481 e. The van der Waals surface area contributed by atoms with Crippen molar-refractivity contribution >= 4 is 11.9 Å². The van der Waals surface area contributed by atoms with Gasteiger partial charge < -0.3 is 10.4 Å². The number of hydrogen-bond acceptors (Lipinski definition) is 2. The van der Waals surface area contributed by atoms with Crippen molar-refractivity contribution in [2.45, 2.75) is 37.6 Å². The molecule has 1 saturated carbocycles. The lowest BCUT2D eigenvalue weighted by Crippen LogP contribution is -2.47. The predicted molar refractivity (Wildman–Crippen MR) is 69.8 cm³/mol. The van der Waals surface area contributed by atoms with Gasteiger partial charge in [-0.15, -0.1) is 0 Å². The topological polar surface area (TPSA) is 66.4 Å². The molecular weight excluding hydrogens is 261 g/mol. The SMILES string of the molecule is O=C(O)C1CC(NC(=O)[C@@H]2CCc3cc(F)ccc32)C1. The van der Waals surface area contributed by atoms with E-state index in [0.29, 0.717) is 25.7 Å². The number of benzene rings is 1. The van der Waals surface area contributed by atoms with Crippen LogP contribution in [-0.4, -0.2) is 23.0 Å². The van der Waals surface area contributed by atoms with Gasteiger partial charge in [0.15, 0.2) is 0 Å². The molecule has 0 spiro atoms. The Labute approximate surface area is 116 Å². The zero-order valence-corrected chi connectivity index (χ0v) is 10.9. The number of hydrogen-bond donors (Lipinski definition) is 2. The minimum Gasteiger partial charge on any atom is -0.481 e. The fourth-order valence-electron chi connectivity index (χ4n) is 3.10. The smallest absolute Gasteiger partial charge is 0.306 e. The number of rotatable bonds is 3. The van der Waals surface area contributed by atoms with Gasteiger partial charge in [0.1, 0.15) is 5.82 Å². The summed E-state index contributed by atoms with van der Waals surface area (Å²) in [7, 11) is 0. The Morgan fingerprint density at radius 2 is 2.05 bits per heavy atom. The Morgan fingerprint density at radius 3 is 2.75 bits per heavy atom. The van der Waals surface area contributed by atoms with Gasteiger partial charge in [-0.25, -0.2) is 4.39 Å². The lowest BCUT2D eigenvalue weighted by Gasteiger charge is -2.33. The normalized spacial score (nSPS) is 27.6. The molecule has 1 fully saturated rings. The van der Waals surface area contributed by atoms with Gasteiger partial charge in [0.25, 0.3) is 0 Å². The van der Waals surface area contributed by atoms with E-state index < -0.39 is 5.97 Å². The van der Waals surface area contributed by atoms with Crippen LogP contribution in [0, 0.1) is 11.7 Å². The fourth-order valence-corrected chi connectivity index (χ4v) is 3.10. The van der Waals surface area contributed by atoms with Gasteiger partial charge >= 0.3 is 5.97 Å². The quantitative estimate of drug-likeness (QED) is 0.886. The van der Waals surface area contributed by atoms with Crippen molar-refractivity contribution in [1.82, 2.24) is 5.32 Å². The molecule has 3 rings (SSSR count). The third-order valence-electron chi connectivity index (χ3n) is 4.33. The Morgan fingerprint density at radius 1 is 1.30 bits per heavy atom. The highest BCUT2D eigenvalue weighted by atomic mass is 19.1. The molecule has 1 aromatic rings. The fraction of sp³-hybridized carbons (Fsp3) is 0.467. The first kappa shape index (κ1) is 13.1. The molecular formula is C15H16FNO3. The Hall–Kier alpha value is -1.91. The zero-order valence-electron chi connectivity index (χ0n) is 10.9. The third kappa shape index (κ3) is 2.28. The van der Waals surface area contributed by atoms with Crippen LogP contribution < -0.4 is 5.32 Å². The van der Waals surface area contributed by atoms with Crippen LogP contribution in [0.15, 0.2) is 18.2 Å².